The maximum atomic E-state index is 10.3. The number of pyridine rings is 1. The summed E-state index contributed by atoms with van der Waals surface area (Å²) >= 11 is 0. The number of hydrogen-bond donors (Lipinski definition) is 1. The lowest BCUT2D eigenvalue weighted by atomic mass is 9.91. The SMILES string of the molecule is Cc1cncc(C(O)C(C)c2ccccc2)c1. The lowest BCUT2D eigenvalue weighted by Crippen LogP contribution is -2.08. The van der Waals surface area contributed by atoms with Crippen LogP contribution >= 0.6 is 0 Å². The largest absolute Gasteiger partial charge is 0.388 e. The highest BCUT2D eigenvalue weighted by Crippen LogP contribution is 2.30. The van der Waals surface area contributed by atoms with E-state index in [2.05, 4.69) is 4.98 Å². The highest BCUT2D eigenvalue weighted by atomic mass is 16.3. The molecule has 0 aliphatic rings. The molecule has 2 unspecified atom stereocenters. The Morgan fingerprint density at radius 1 is 1.06 bits per heavy atom. The Morgan fingerprint density at radius 2 is 1.76 bits per heavy atom. The van der Waals surface area contributed by atoms with Crippen LogP contribution in [0.25, 0.3) is 0 Å². The number of aromatic nitrogens is 1. The topological polar surface area (TPSA) is 33.1 Å². The van der Waals surface area contributed by atoms with Gasteiger partial charge >= 0.3 is 0 Å². The maximum absolute atomic E-state index is 10.3. The van der Waals surface area contributed by atoms with Gasteiger partial charge in [-0.2, -0.15) is 0 Å². The zero-order valence-corrected chi connectivity index (χ0v) is 10.2. The highest BCUT2D eigenvalue weighted by Gasteiger charge is 2.18. The normalized spacial score (nSPS) is 14.3. The predicted molar refractivity (Wildman–Crippen MR) is 68.8 cm³/mol. The van der Waals surface area contributed by atoms with Gasteiger partial charge in [0.15, 0.2) is 0 Å². The summed E-state index contributed by atoms with van der Waals surface area (Å²) in [5.74, 6) is 0.0693. The minimum atomic E-state index is -0.509. The van der Waals surface area contributed by atoms with E-state index in [1.54, 1.807) is 12.4 Å². The Hall–Kier alpha value is -1.67. The molecule has 0 aliphatic heterocycles. The van der Waals surface area contributed by atoms with Crippen molar-refractivity contribution in [3.8, 4) is 0 Å². The fourth-order valence-corrected chi connectivity index (χ4v) is 1.97. The summed E-state index contributed by atoms with van der Waals surface area (Å²) in [5, 5.41) is 10.3. The summed E-state index contributed by atoms with van der Waals surface area (Å²) in [5.41, 5.74) is 3.09. The van der Waals surface area contributed by atoms with E-state index in [1.807, 2.05) is 50.2 Å². The number of aryl methyl sites for hydroxylation is 1. The van der Waals surface area contributed by atoms with Crippen LogP contribution in [0.1, 0.15) is 35.6 Å². The standard InChI is InChI=1S/C15H17NO/c1-11-8-14(10-16-9-11)15(17)12(2)13-6-4-3-5-7-13/h3-10,12,15,17H,1-2H3. The van der Waals surface area contributed by atoms with Crippen LogP contribution in [0, 0.1) is 6.92 Å². The fraction of sp³-hybridized carbons (Fsp3) is 0.267. The first-order chi connectivity index (χ1) is 8.18. The van der Waals surface area contributed by atoms with Crippen molar-refractivity contribution in [2.24, 2.45) is 0 Å². The molecule has 2 nitrogen and oxygen atoms in total. The van der Waals surface area contributed by atoms with E-state index in [-0.39, 0.29) is 5.92 Å². The van der Waals surface area contributed by atoms with Crippen LogP contribution in [-0.2, 0) is 0 Å². The van der Waals surface area contributed by atoms with Gasteiger partial charge < -0.3 is 5.11 Å². The molecule has 0 spiro atoms. The quantitative estimate of drug-likeness (QED) is 0.873. The molecule has 0 radical (unpaired) electrons. The van der Waals surface area contributed by atoms with Crippen molar-refractivity contribution in [1.29, 1.82) is 0 Å². The van der Waals surface area contributed by atoms with Crippen molar-refractivity contribution in [2.75, 3.05) is 0 Å². The number of benzene rings is 1. The average Bonchev–Trinajstić information content (AvgIpc) is 2.38. The summed E-state index contributed by atoms with van der Waals surface area (Å²) < 4.78 is 0. The number of nitrogens with zero attached hydrogens (tertiary/aromatic N) is 1. The first-order valence-electron chi connectivity index (χ1n) is 5.83. The number of aliphatic hydroxyl groups is 1. The molecule has 2 rings (SSSR count). The van der Waals surface area contributed by atoms with E-state index in [0.717, 1.165) is 16.7 Å². The van der Waals surface area contributed by atoms with Crippen molar-refractivity contribution >= 4 is 0 Å². The Labute approximate surface area is 102 Å². The van der Waals surface area contributed by atoms with Crippen LogP contribution in [0.5, 0.6) is 0 Å². The molecule has 1 aromatic heterocycles. The number of hydrogen-bond acceptors (Lipinski definition) is 2. The van der Waals surface area contributed by atoms with Crippen molar-refractivity contribution in [1.82, 2.24) is 4.98 Å². The van der Waals surface area contributed by atoms with E-state index >= 15 is 0 Å². The van der Waals surface area contributed by atoms with Crippen LogP contribution < -0.4 is 0 Å². The maximum Gasteiger partial charge on any atom is 0.0870 e. The van der Waals surface area contributed by atoms with E-state index in [1.165, 1.54) is 0 Å². The van der Waals surface area contributed by atoms with Crippen molar-refractivity contribution in [3.63, 3.8) is 0 Å². The van der Waals surface area contributed by atoms with Crippen LogP contribution in [0.4, 0.5) is 0 Å². The lowest BCUT2D eigenvalue weighted by molar-refractivity contribution is 0.151. The molecule has 2 aromatic rings. The molecule has 0 saturated carbocycles. The van der Waals surface area contributed by atoms with Gasteiger partial charge in [-0.25, -0.2) is 0 Å². The van der Waals surface area contributed by atoms with E-state index in [9.17, 15) is 5.11 Å². The molecule has 1 N–H and O–H groups in total. The first-order valence-corrected chi connectivity index (χ1v) is 5.83. The molecule has 88 valence electrons. The van der Waals surface area contributed by atoms with Gasteiger partial charge in [0.25, 0.3) is 0 Å². The predicted octanol–water partition coefficient (Wildman–Crippen LogP) is 3.23. The summed E-state index contributed by atoms with van der Waals surface area (Å²) in [6.45, 7) is 4.01. The van der Waals surface area contributed by atoms with Gasteiger partial charge in [0, 0.05) is 18.3 Å². The Balaban J connectivity index is 2.23. The third-order valence-electron chi connectivity index (χ3n) is 3.04. The summed E-state index contributed by atoms with van der Waals surface area (Å²) in [6.07, 6.45) is 3.02. The summed E-state index contributed by atoms with van der Waals surface area (Å²) in [4.78, 5) is 4.12. The number of rotatable bonds is 3. The Bertz CT molecular complexity index is 481. The highest BCUT2D eigenvalue weighted by molar-refractivity contribution is 5.26. The first kappa shape index (κ1) is 11.8. The molecular weight excluding hydrogens is 210 g/mol. The van der Waals surface area contributed by atoms with Gasteiger partial charge in [-0.05, 0) is 23.6 Å². The molecule has 2 heteroatoms. The molecule has 0 amide bonds. The monoisotopic (exact) mass is 227 g/mol. The molecule has 2 atom stereocenters. The number of aliphatic hydroxyl groups excluding tert-OH is 1. The van der Waals surface area contributed by atoms with E-state index < -0.39 is 6.10 Å². The molecule has 1 aromatic carbocycles. The molecule has 0 saturated heterocycles. The van der Waals surface area contributed by atoms with Gasteiger partial charge in [-0.1, -0.05) is 43.3 Å². The Kier molecular flexibility index (Phi) is 3.55. The van der Waals surface area contributed by atoms with E-state index in [4.69, 9.17) is 0 Å². The second kappa shape index (κ2) is 5.11. The zero-order chi connectivity index (χ0) is 12.3. The van der Waals surface area contributed by atoms with Crippen LogP contribution in [0.2, 0.25) is 0 Å². The van der Waals surface area contributed by atoms with Crippen molar-refractivity contribution < 1.29 is 5.11 Å². The molecule has 17 heavy (non-hydrogen) atoms. The molecule has 0 bridgehead atoms. The van der Waals surface area contributed by atoms with Gasteiger partial charge in [0.2, 0.25) is 0 Å². The zero-order valence-electron chi connectivity index (χ0n) is 10.2. The van der Waals surface area contributed by atoms with Crippen LogP contribution in [0.15, 0.2) is 48.8 Å². The summed E-state index contributed by atoms with van der Waals surface area (Å²) in [7, 11) is 0. The second-order valence-electron chi connectivity index (χ2n) is 4.44. The van der Waals surface area contributed by atoms with Gasteiger partial charge in [-0.3, -0.25) is 4.98 Å². The minimum absolute atomic E-state index is 0.0693. The average molecular weight is 227 g/mol. The van der Waals surface area contributed by atoms with Crippen molar-refractivity contribution in [3.05, 3.63) is 65.5 Å². The van der Waals surface area contributed by atoms with Crippen LogP contribution in [0.3, 0.4) is 0 Å². The molecule has 1 heterocycles. The van der Waals surface area contributed by atoms with E-state index in [0.29, 0.717) is 0 Å². The third kappa shape index (κ3) is 2.71. The van der Waals surface area contributed by atoms with Gasteiger partial charge in [0.1, 0.15) is 0 Å². The smallest absolute Gasteiger partial charge is 0.0870 e. The molecule has 0 aliphatic carbocycles. The second-order valence-corrected chi connectivity index (χ2v) is 4.44. The third-order valence-corrected chi connectivity index (χ3v) is 3.04. The van der Waals surface area contributed by atoms with Crippen LogP contribution in [-0.4, -0.2) is 10.1 Å². The van der Waals surface area contributed by atoms with Gasteiger partial charge in [0.05, 0.1) is 6.10 Å². The van der Waals surface area contributed by atoms with Crippen molar-refractivity contribution in [2.45, 2.75) is 25.9 Å². The minimum Gasteiger partial charge on any atom is -0.388 e. The lowest BCUT2D eigenvalue weighted by Gasteiger charge is -2.19. The molecule has 0 fully saturated rings. The Morgan fingerprint density at radius 3 is 2.41 bits per heavy atom. The molecular formula is C15H17NO. The van der Waals surface area contributed by atoms with Gasteiger partial charge in [-0.15, -0.1) is 0 Å². The fourth-order valence-electron chi connectivity index (χ4n) is 1.97. The summed E-state index contributed by atoms with van der Waals surface area (Å²) in [6, 6.07) is 12.0.